The molecule has 0 spiro atoms. The van der Waals surface area contributed by atoms with Gasteiger partial charge >= 0.3 is 12.1 Å². The van der Waals surface area contributed by atoms with Crippen molar-refractivity contribution in [2.75, 3.05) is 20.2 Å². The Morgan fingerprint density at radius 2 is 1.89 bits per heavy atom. The molecule has 8 heteroatoms. The molecule has 1 aromatic carbocycles. The van der Waals surface area contributed by atoms with E-state index in [0.29, 0.717) is 41.9 Å². The van der Waals surface area contributed by atoms with Crippen LogP contribution in [0.3, 0.4) is 0 Å². The summed E-state index contributed by atoms with van der Waals surface area (Å²) in [5.41, 5.74) is -0.542. The zero-order valence-electron chi connectivity index (χ0n) is 16.4. The van der Waals surface area contributed by atoms with Crippen LogP contribution in [0.15, 0.2) is 18.2 Å². The van der Waals surface area contributed by atoms with Crippen molar-refractivity contribution in [3.8, 4) is 5.75 Å². The molecular formula is C20H24FNO5S. The van der Waals surface area contributed by atoms with E-state index in [9.17, 15) is 14.0 Å². The van der Waals surface area contributed by atoms with E-state index in [4.69, 9.17) is 14.2 Å². The van der Waals surface area contributed by atoms with Crippen molar-refractivity contribution in [2.45, 2.75) is 45.3 Å². The number of hydrogen-bond donors (Lipinski definition) is 0. The van der Waals surface area contributed by atoms with Crippen LogP contribution in [-0.2, 0) is 9.47 Å². The van der Waals surface area contributed by atoms with Gasteiger partial charge in [-0.3, -0.25) is 0 Å². The third-order valence-electron chi connectivity index (χ3n) is 4.35. The van der Waals surface area contributed by atoms with E-state index in [1.807, 2.05) is 20.8 Å². The first-order valence-corrected chi connectivity index (χ1v) is 9.94. The van der Waals surface area contributed by atoms with E-state index in [1.54, 1.807) is 11.0 Å². The Morgan fingerprint density at radius 3 is 2.50 bits per heavy atom. The molecule has 1 aromatic heterocycles. The van der Waals surface area contributed by atoms with E-state index in [-0.39, 0.29) is 12.2 Å². The van der Waals surface area contributed by atoms with Crippen LogP contribution in [0.4, 0.5) is 9.18 Å². The van der Waals surface area contributed by atoms with Crippen LogP contribution in [0.25, 0.3) is 10.1 Å². The molecule has 1 aliphatic heterocycles. The first-order chi connectivity index (χ1) is 13.2. The molecule has 1 aliphatic rings. The van der Waals surface area contributed by atoms with Gasteiger partial charge in [-0.15, -0.1) is 11.3 Å². The first-order valence-electron chi connectivity index (χ1n) is 9.13. The Balaban J connectivity index is 1.74. The maximum absolute atomic E-state index is 13.7. The molecule has 2 aromatic rings. The quantitative estimate of drug-likeness (QED) is 0.693. The van der Waals surface area contributed by atoms with Crippen LogP contribution >= 0.6 is 11.3 Å². The second-order valence-corrected chi connectivity index (χ2v) is 8.73. The molecule has 0 radical (unpaired) electrons. The number of carbonyl (C=O) groups is 2. The fraction of sp³-hybridized carbons (Fsp3) is 0.500. The highest BCUT2D eigenvalue weighted by Gasteiger charge is 2.30. The Bertz CT molecular complexity index is 881. The lowest BCUT2D eigenvalue weighted by molar-refractivity contribution is 0.0127. The van der Waals surface area contributed by atoms with Crippen molar-refractivity contribution in [1.29, 1.82) is 0 Å². The summed E-state index contributed by atoms with van der Waals surface area (Å²) < 4.78 is 30.8. The van der Waals surface area contributed by atoms with E-state index < -0.39 is 17.4 Å². The normalized spacial score (nSPS) is 15.5. The van der Waals surface area contributed by atoms with Crippen LogP contribution in [0.2, 0.25) is 0 Å². The highest BCUT2D eigenvalue weighted by Crippen LogP contribution is 2.40. The van der Waals surface area contributed by atoms with Gasteiger partial charge in [0.15, 0.2) is 10.6 Å². The molecule has 0 saturated carbocycles. The highest BCUT2D eigenvalue weighted by atomic mass is 32.1. The van der Waals surface area contributed by atoms with Gasteiger partial charge in [-0.2, -0.15) is 0 Å². The summed E-state index contributed by atoms with van der Waals surface area (Å²) in [6, 6.07) is 4.34. The molecule has 6 nitrogen and oxygen atoms in total. The van der Waals surface area contributed by atoms with Gasteiger partial charge in [-0.1, -0.05) is 0 Å². The molecule has 3 rings (SSSR count). The number of benzene rings is 1. The number of carbonyl (C=O) groups excluding carboxylic acids is 2. The van der Waals surface area contributed by atoms with Gasteiger partial charge in [0.2, 0.25) is 0 Å². The number of fused-ring (bicyclic) bond motifs is 1. The molecule has 0 N–H and O–H groups in total. The lowest BCUT2D eigenvalue weighted by atomic mass is 10.1. The molecule has 152 valence electrons. The Morgan fingerprint density at radius 1 is 1.21 bits per heavy atom. The standard InChI is InChI=1S/C20H24FNO5S/c1-20(2,3)27-19(24)22-9-7-13(8-10-22)26-16-14-11-12(21)5-6-15(14)28-17(16)18(23)25-4/h5-6,11,13H,7-10H2,1-4H3. The zero-order valence-corrected chi connectivity index (χ0v) is 17.2. The second-order valence-electron chi connectivity index (χ2n) is 7.68. The molecule has 0 aliphatic carbocycles. The third kappa shape index (κ3) is 4.55. The van der Waals surface area contributed by atoms with Gasteiger partial charge in [0.05, 0.1) is 7.11 Å². The van der Waals surface area contributed by atoms with Crippen molar-refractivity contribution >= 4 is 33.5 Å². The van der Waals surface area contributed by atoms with E-state index in [0.717, 1.165) is 4.70 Å². The number of thiophene rings is 1. The number of likely N-dealkylation sites (tertiary alicyclic amines) is 1. The minimum atomic E-state index is -0.542. The predicted molar refractivity (Wildman–Crippen MR) is 105 cm³/mol. The largest absolute Gasteiger partial charge is 0.488 e. The fourth-order valence-corrected chi connectivity index (χ4v) is 4.08. The summed E-state index contributed by atoms with van der Waals surface area (Å²) in [6.45, 7) is 6.47. The summed E-state index contributed by atoms with van der Waals surface area (Å²) >= 11 is 1.21. The van der Waals surface area contributed by atoms with E-state index in [2.05, 4.69) is 0 Å². The van der Waals surface area contributed by atoms with Crippen LogP contribution in [0, 0.1) is 5.82 Å². The lowest BCUT2D eigenvalue weighted by Crippen LogP contribution is -2.44. The number of ether oxygens (including phenoxy) is 3. The van der Waals surface area contributed by atoms with Crippen molar-refractivity contribution < 1.29 is 28.2 Å². The van der Waals surface area contributed by atoms with E-state index in [1.165, 1.54) is 30.6 Å². The fourth-order valence-electron chi connectivity index (χ4n) is 3.04. The minimum Gasteiger partial charge on any atom is -0.488 e. The molecule has 28 heavy (non-hydrogen) atoms. The van der Waals surface area contributed by atoms with Gasteiger partial charge in [-0.05, 0) is 39.0 Å². The van der Waals surface area contributed by atoms with Crippen LogP contribution < -0.4 is 4.74 Å². The van der Waals surface area contributed by atoms with Crippen LogP contribution in [0.1, 0.15) is 43.3 Å². The molecule has 0 unspecified atom stereocenters. The van der Waals surface area contributed by atoms with Gasteiger partial charge in [0.25, 0.3) is 0 Å². The smallest absolute Gasteiger partial charge is 0.410 e. The monoisotopic (exact) mass is 409 g/mol. The number of hydrogen-bond acceptors (Lipinski definition) is 6. The van der Waals surface area contributed by atoms with Crippen LogP contribution in [-0.4, -0.2) is 48.9 Å². The number of nitrogens with zero attached hydrogens (tertiary/aromatic N) is 1. The summed E-state index contributed by atoms with van der Waals surface area (Å²) in [6.07, 6.45) is 0.645. The third-order valence-corrected chi connectivity index (χ3v) is 5.49. The average molecular weight is 409 g/mol. The van der Waals surface area contributed by atoms with Crippen LogP contribution in [0.5, 0.6) is 5.75 Å². The molecule has 1 saturated heterocycles. The zero-order chi connectivity index (χ0) is 20.5. The Hall–Kier alpha value is -2.35. The summed E-state index contributed by atoms with van der Waals surface area (Å²) in [5.74, 6) is -0.559. The maximum atomic E-state index is 13.7. The number of rotatable bonds is 3. The summed E-state index contributed by atoms with van der Waals surface area (Å²) in [5, 5.41) is 0.556. The number of methoxy groups -OCH3 is 1. The first kappa shape index (κ1) is 20.4. The number of piperidine rings is 1. The van der Waals surface area contributed by atoms with Crippen molar-refractivity contribution in [3.63, 3.8) is 0 Å². The predicted octanol–water partition coefficient (Wildman–Crippen LogP) is 4.61. The van der Waals surface area contributed by atoms with Crippen molar-refractivity contribution in [1.82, 2.24) is 4.90 Å². The second kappa shape index (κ2) is 7.95. The Kier molecular flexibility index (Phi) is 5.79. The number of halogens is 1. The van der Waals surface area contributed by atoms with Gasteiger partial charge in [0.1, 0.15) is 17.5 Å². The molecular weight excluding hydrogens is 385 g/mol. The molecule has 1 fully saturated rings. The van der Waals surface area contributed by atoms with Crippen molar-refractivity contribution in [3.05, 3.63) is 28.9 Å². The van der Waals surface area contributed by atoms with Gasteiger partial charge in [-0.25, -0.2) is 14.0 Å². The van der Waals surface area contributed by atoms with Gasteiger partial charge < -0.3 is 19.1 Å². The topological polar surface area (TPSA) is 65.1 Å². The van der Waals surface area contributed by atoms with Gasteiger partial charge in [0, 0.05) is 36.0 Å². The highest BCUT2D eigenvalue weighted by molar-refractivity contribution is 7.21. The van der Waals surface area contributed by atoms with E-state index >= 15 is 0 Å². The SMILES string of the molecule is COC(=O)c1sc2ccc(F)cc2c1OC1CCN(C(=O)OC(C)(C)C)CC1. The molecule has 0 bridgehead atoms. The molecule has 0 atom stereocenters. The van der Waals surface area contributed by atoms with Crippen molar-refractivity contribution in [2.24, 2.45) is 0 Å². The number of amides is 1. The maximum Gasteiger partial charge on any atom is 0.410 e. The lowest BCUT2D eigenvalue weighted by Gasteiger charge is -2.33. The molecule has 1 amide bonds. The average Bonchev–Trinajstić information content (AvgIpc) is 2.98. The minimum absolute atomic E-state index is 0.192. The number of esters is 1. The molecule has 2 heterocycles. The summed E-state index contributed by atoms with van der Waals surface area (Å²) in [7, 11) is 1.30. The summed E-state index contributed by atoms with van der Waals surface area (Å²) in [4.78, 5) is 26.3. The Labute approximate surface area is 167 Å².